The number of aromatic nitrogens is 1. The molecule has 3 rings (SSSR count). The van der Waals surface area contributed by atoms with Gasteiger partial charge in [-0.25, -0.2) is 0 Å². The molecule has 3 aromatic rings. The van der Waals surface area contributed by atoms with Gasteiger partial charge in [0.1, 0.15) is 10.4 Å². The molecular formula is C15H13N3OS. The predicted molar refractivity (Wildman–Crippen MR) is 83.2 cm³/mol. The molecular weight excluding hydrogens is 270 g/mol. The van der Waals surface area contributed by atoms with Crippen molar-refractivity contribution in [3.05, 3.63) is 53.5 Å². The highest BCUT2D eigenvalue weighted by Gasteiger charge is 2.21. The van der Waals surface area contributed by atoms with Gasteiger partial charge in [0, 0.05) is 18.9 Å². The standard InChI is InChI=1S/C15H13N3OS/c1-18(10-6-3-2-4-7-10)15(19)14-12(16)13-11(20-14)8-5-9-17-13/h2-9H,16H2,1H3. The third kappa shape index (κ3) is 2.02. The molecule has 100 valence electrons. The van der Waals surface area contributed by atoms with E-state index >= 15 is 0 Å². The second kappa shape index (κ2) is 4.94. The van der Waals surface area contributed by atoms with Crippen LogP contribution in [0.15, 0.2) is 48.7 Å². The summed E-state index contributed by atoms with van der Waals surface area (Å²) >= 11 is 1.38. The molecule has 0 atom stereocenters. The zero-order chi connectivity index (χ0) is 14.1. The number of nitrogens with zero attached hydrogens (tertiary/aromatic N) is 2. The maximum absolute atomic E-state index is 12.6. The number of amides is 1. The summed E-state index contributed by atoms with van der Waals surface area (Å²) in [6.07, 6.45) is 1.68. The summed E-state index contributed by atoms with van der Waals surface area (Å²) < 4.78 is 0.926. The van der Waals surface area contributed by atoms with Crippen LogP contribution in [0.1, 0.15) is 9.67 Å². The molecule has 2 aromatic heterocycles. The number of hydrogen-bond acceptors (Lipinski definition) is 4. The topological polar surface area (TPSA) is 59.2 Å². The number of anilines is 2. The fourth-order valence-electron chi connectivity index (χ4n) is 2.03. The molecule has 0 aliphatic heterocycles. The number of hydrogen-bond donors (Lipinski definition) is 1. The number of nitrogens with two attached hydrogens (primary N) is 1. The number of thiophene rings is 1. The fourth-order valence-corrected chi connectivity index (χ4v) is 3.08. The van der Waals surface area contributed by atoms with Gasteiger partial charge in [-0.1, -0.05) is 18.2 Å². The molecule has 5 heteroatoms. The summed E-state index contributed by atoms with van der Waals surface area (Å²) in [6.45, 7) is 0. The highest BCUT2D eigenvalue weighted by atomic mass is 32.1. The Labute approximate surface area is 120 Å². The molecule has 1 amide bonds. The molecule has 0 spiro atoms. The second-order valence-electron chi connectivity index (χ2n) is 4.39. The van der Waals surface area contributed by atoms with Crippen LogP contribution in [0.25, 0.3) is 10.2 Å². The monoisotopic (exact) mass is 283 g/mol. The van der Waals surface area contributed by atoms with E-state index in [1.807, 2.05) is 42.5 Å². The number of carbonyl (C=O) groups is 1. The summed E-state index contributed by atoms with van der Waals surface area (Å²) in [4.78, 5) is 18.9. The quantitative estimate of drug-likeness (QED) is 0.786. The molecule has 0 fully saturated rings. The minimum absolute atomic E-state index is 0.114. The van der Waals surface area contributed by atoms with Gasteiger partial charge in [0.05, 0.1) is 10.4 Å². The van der Waals surface area contributed by atoms with Crippen molar-refractivity contribution in [2.24, 2.45) is 0 Å². The zero-order valence-corrected chi connectivity index (χ0v) is 11.7. The van der Waals surface area contributed by atoms with Crippen molar-refractivity contribution in [2.45, 2.75) is 0 Å². The summed E-state index contributed by atoms with van der Waals surface area (Å²) in [7, 11) is 1.74. The summed E-state index contributed by atoms with van der Waals surface area (Å²) in [6, 6.07) is 13.2. The van der Waals surface area contributed by atoms with Gasteiger partial charge in [0.2, 0.25) is 0 Å². The zero-order valence-electron chi connectivity index (χ0n) is 10.9. The lowest BCUT2D eigenvalue weighted by Crippen LogP contribution is -2.25. The summed E-state index contributed by atoms with van der Waals surface area (Å²) in [5.74, 6) is -0.114. The Balaban J connectivity index is 2.03. The third-order valence-corrected chi connectivity index (χ3v) is 4.27. The lowest BCUT2D eigenvalue weighted by Gasteiger charge is -2.16. The van der Waals surface area contributed by atoms with Crippen molar-refractivity contribution >= 4 is 38.8 Å². The number of rotatable bonds is 2. The van der Waals surface area contributed by atoms with E-state index in [4.69, 9.17) is 5.73 Å². The Hall–Kier alpha value is -2.40. The Morgan fingerprint density at radius 3 is 2.65 bits per heavy atom. The molecule has 2 heterocycles. The first-order valence-corrected chi connectivity index (χ1v) is 6.96. The van der Waals surface area contributed by atoms with E-state index < -0.39 is 0 Å². The van der Waals surface area contributed by atoms with Gasteiger partial charge in [0.25, 0.3) is 5.91 Å². The van der Waals surface area contributed by atoms with Gasteiger partial charge in [-0.05, 0) is 24.3 Å². The van der Waals surface area contributed by atoms with E-state index in [1.165, 1.54) is 11.3 Å². The molecule has 0 aliphatic rings. The number of carbonyl (C=O) groups excluding carboxylic acids is 1. The van der Waals surface area contributed by atoms with Crippen LogP contribution < -0.4 is 10.6 Å². The van der Waals surface area contributed by atoms with Gasteiger partial charge < -0.3 is 10.6 Å². The minimum Gasteiger partial charge on any atom is -0.396 e. The smallest absolute Gasteiger partial charge is 0.270 e. The molecule has 0 radical (unpaired) electrons. The van der Waals surface area contributed by atoms with E-state index in [0.717, 1.165) is 10.4 Å². The maximum atomic E-state index is 12.6. The Morgan fingerprint density at radius 1 is 1.20 bits per heavy atom. The van der Waals surface area contributed by atoms with Gasteiger partial charge >= 0.3 is 0 Å². The van der Waals surface area contributed by atoms with Crippen LogP contribution in [-0.2, 0) is 0 Å². The second-order valence-corrected chi connectivity index (χ2v) is 5.45. The minimum atomic E-state index is -0.114. The lowest BCUT2D eigenvalue weighted by atomic mass is 10.2. The van der Waals surface area contributed by atoms with Crippen LogP contribution in [0.2, 0.25) is 0 Å². The third-order valence-electron chi connectivity index (χ3n) is 3.12. The van der Waals surface area contributed by atoms with Gasteiger partial charge in [-0.2, -0.15) is 0 Å². The average molecular weight is 283 g/mol. The van der Waals surface area contributed by atoms with E-state index in [0.29, 0.717) is 16.1 Å². The van der Waals surface area contributed by atoms with Crippen LogP contribution in [0, 0.1) is 0 Å². The largest absolute Gasteiger partial charge is 0.396 e. The molecule has 4 nitrogen and oxygen atoms in total. The number of benzene rings is 1. The Kier molecular flexibility index (Phi) is 3.12. The van der Waals surface area contributed by atoms with Crippen molar-refractivity contribution in [1.82, 2.24) is 4.98 Å². The molecule has 0 saturated carbocycles. The molecule has 0 bridgehead atoms. The van der Waals surface area contributed by atoms with Crippen molar-refractivity contribution < 1.29 is 4.79 Å². The van der Waals surface area contributed by atoms with Crippen LogP contribution >= 0.6 is 11.3 Å². The first-order valence-electron chi connectivity index (χ1n) is 6.14. The highest BCUT2D eigenvalue weighted by Crippen LogP contribution is 2.33. The van der Waals surface area contributed by atoms with Crippen molar-refractivity contribution in [1.29, 1.82) is 0 Å². The molecule has 2 N–H and O–H groups in total. The van der Waals surface area contributed by atoms with Crippen LogP contribution in [0.3, 0.4) is 0 Å². The van der Waals surface area contributed by atoms with E-state index in [2.05, 4.69) is 4.98 Å². The maximum Gasteiger partial charge on any atom is 0.270 e. The lowest BCUT2D eigenvalue weighted by molar-refractivity contribution is 0.0997. The fraction of sp³-hybridized carbons (Fsp3) is 0.0667. The van der Waals surface area contributed by atoms with Gasteiger partial charge in [-0.3, -0.25) is 9.78 Å². The van der Waals surface area contributed by atoms with Crippen LogP contribution in [-0.4, -0.2) is 17.9 Å². The number of pyridine rings is 1. The predicted octanol–water partition coefficient (Wildman–Crippen LogP) is 3.16. The SMILES string of the molecule is CN(C(=O)c1sc2cccnc2c1N)c1ccccc1. The molecule has 20 heavy (non-hydrogen) atoms. The molecule has 0 aliphatic carbocycles. The van der Waals surface area contributed by atoms with Crippen molar-refractivity contribution in [2.75, 3.05) is 17.7 Å². The van der Waals surface area contributed by atoms with Crippen molar-refractivity contribution in [3.8, 4) is 0 Å². The molecule has 0 saturated heterocycles. The van der Waals surface area contributed by atoms with E-state index in [-0.39, 0.29) is 5.91 Å². The molecule has 0 unspecified atom stereocenters. The summed E-state index contributed by atoms with van der Waals surface area (Å²) in [5.41, 5.74) is 8.05. The average Bonchev–Trinajstić information content (AvgIpc) is 2.84. The van der Waals surface area contributed by atoms with Gasteiger partial charge in [0.15, 0.2) is 0 Å². The number of para-hydroxylation sites is 1. The Morgan fingerprint density at radius 2 is 1.95 bits per heavy atom. The number of fused-ring (bicyclic) bond motifs is 1. The van der Waals surface area contributed by atoms with Crippen LogP contribution in [0.5, 0.6) is 0 Å². The van der Waals surface area contributed by atoms with E-state index in [1.54, 1.807) is 18.1 Å². The molecule has 1 aromatic carbocycles. The first-order chi connectivity index (χ1) is 9.68. The normalized spacial score (nSPS) is 10.7. The van der Waals surface area contributed by atoms with Crippen molar-refractivity contribution in [3.63, 3.8) is 0 Å². The highest BCUT2D eigenvalue weighted by molar-refractivity contribution is 7.21. The Bertz CT molecular complexity index is 767. The van der Waals surface area contributed by atoms with E-state index in [9.17, 15) is 4.79 Å². The summed E-state index contributed by atoms with van der Waals surface area (Å²) in [5, 5.41) is 0. The number of nitrogen functional groups attached to an aromatic ring is 1. The first kappa shape index (κ1) is 12.6. The van der Waals surface area contributed by atoms with Gasteiger partial charge in [-0.15, -0.1) is 11.3 Å². The van der Waals surface area contributed by atoms with Crippen LogP contribution in [0.4, 0.5) is 11.4 Å².